The fourth-order valence-electron chi connectivity index (χ4n) is 3.77. The Bertz CT molecular complexity index is 647. The molecule has 3 heterocycles. The minimum absolute atomic E-state index is 0.158. The van der Waals surface area contributed by atoms with E-state index in [1.807, 2.05) is 0 Å². The van der Waals surface area contributed by atoms with E-state index >= 15 is 0 Å². The second kappa shape index (κ2) is 6.09. The van der Waals surface area contributed by atoms with E-state index in [1.54, 1.807) is 17.4 Å². The molecule has 2 aromatic heterocycles. The highest BCUT2D eigenvalue weighted by Crippen LogP contribution is 2.56. The normalized spacial score (nSPS) is 22.2. The zero-order valence-corrected chi connectivity index (χ0v) is 13.8. The van der Waals surface area contributed by atoms with Gasteiger partial charge in [-0.05, 0) is 60.2 Å². The van der Waals surface area contributed by atoms with E-state index in [4.69, 9.17) is 4.52 Å². The molecule has 0 bridgehead atoms. The summed E-state index contributed by atoms with van der Waals surface area (Å²) in [5.41, 5.74) is 2.28. The summed E-state index contributed by atoms with van der Waals surface area (Å²) in [5, 5.41) is 11.5. The summed E-state index contributed by atoms with van der Waals surface area (Å²) in [5.74, 6) is 0.158. The topological polar surface area (TPSA) is 58.4 Å². The zero-order valence-electron chi connectivity index (χ0n) is 13.0. The zero-order chi connectivity index (χ0) is 15.7. The van der Waals surface area contributed by atoms with Crippen molar-refractivity contribution < 1.29 is 9.32 Å². The Morgan fingerprint density at radius 1 is 1.43 bits per heavy atom. The Hall–Kier alpha value is -1.66. The van der Waals surface area contributed by atoms with Gasteiger partial charge in [-0.25, -0.2) is 0 Å². The van der Waals surface area contributed by atoms with Gasteiger partial charge in [-0.3, -0.25) is 4.79 Å². The van der Waals surface area contributed by atoms with Crippen molar-refractivity contribution in [3.63, 3.8) is 0 Å². The summed E-state index contributed by atoms with van der Waals surface area (Å²) in [6, 6.07) is 4.26. The van der Waals surface area contributed by atoms with Crippen molar-refractivity contribution in [2.24, 2.45) is 5.41 Å². The van der Waals surface area contributed by atoms with Crippen molar-refractivity contribution in [3.8, 4) is 0 Å². The van der Waals surface area contributed by atoms with Crippen LogP contribution in [0.2, 0.25) is 0 Å². The first kappa shape index (κ1) is 14.9. The van der Waals surface area contributed by atoms with Crippen molar-refractivity contribution in [2.45, 2.75) is 38.3 Å². The number of hydrogen-bond donors (Lipinski definition) is 1. The summed E-state index contributed by atoms with van der Waals surface area (Å²) in [4.78, 5) is 15.0. The highest BCUT2D eigenvalue weighted by molar-refractivity contribution is 7.07. The summed E-state index contributed by atoms with van der Waals surface area (Å²) >= 11 is 1.68. The van der Waals surface area contributed by atoms with Gasteiger partial charge in [0, 0.05) is 18.7 Å². The van der Waals surface area contributed by atoms with Gasteiger partial charge < -0.3 is 14.7 Å². The van der Waals surface area contributed by atoms with Crippen molar-refractivity contribution in [3.05, 3.63) is 40.4 Å². The molecule has 23 heavy (non-hydrogen) atoms. The van der Waals surface area contributed by atoms with Crippen LogP contribution in [0, 0.1) is 5.41 Å². The average molecular weight is 331 g/mol. The molecular formula is C17H21N3O2S. The maximum atomic E-state index is 12.9. The quantitative estimate of drug-likeness (QED) is 0.914. The molecule has 1 spiro atoms. The van der Waals surface area contributed by atoms with Crippen LogP contribution in [0.1, 0.15) is 30.5 Å². The molecule has 1 amide bonds. The Morgan fingerprint density at radius 2 is 2.30 bits per heavy atom. The number of rotatable bonds is 5. The monoisotopic (exact) mass is 331 g/mol. The molecule has 122 valence electrons. The smallest absolute Gasteiger partial charge is 0.229 e. The highest BCUT2D eigenvalue weighted by atomic mass is 32.1. The molecule has 0 unspecified atom stereocenters. The minimum atomic E-state index is 0.158. The fourth-order valence-corrected chi connectivity index (χ4v) is 4.43. The lowest BCUT2D eigenvalue weighted by atomic mass is 9.93. The SMILES string of the molecule is O=C(Cc1ccon1)N(Cc1ccsc1)[C@H]1CC12CCNCC2. The van der Waals surface area contributed by atoms with E-state index in [0.29, 0.717) is 30.1 Å². The molecule has 0 aromatic carbocycles. The third-order valence-corrected chi connectivity index (χ3v) is 5.93. The van der Waals surface area contributed by atoms with Crippen molar-refractivity contribution >= 4 is 17.2 Å². The lowest BCUT2D eigenvalue weighted by Crippen LogP contribution is -2.39. The van der Waals surface area contributed by atoms with Crippen molar-refractivity contribution in [1.29, 1.82) is 0 Å². The van der Waals surface area contributed by atoms with Crippen LogP contribution in [0.15, 0.2) is 33.7 Å². The molecule has 1 aliphatic carbocycles. The molecule has 2 fully saturated rings. The van der Waals surface area contributed by atoms with Crippen molar-refractivity contribution in [2.75, 3.05) is 13.1 Å². The molecule has 2 aliphatic rings. The van der Waals surface area contributed by atoms with E-state index in [1.165, 1.54) is 24.7 Å². The van der Waals surface area contributed by atoms with Crippen LogP contribution in [0.5, 0.6) is 0 Å². The van der Waals surface area contributed by atoms with Crippen LogP contribution in [-0.2, 0) is 17.8 Å². The molecule has 1 saturated carbocycles. The molecule has 1 aliphatic heterocycles. The van der Waals surface area contributed by atoms with Gasteiger partial charge in [0.05, 0.1) is 12.1 Å². The third kappa shape index (κ3) is 3.05. The Balaban J connectivity index is 1.51. The number of carbonyl (C=O) groups is 1. The lowest BCUT2D eigenvalue weighted by Gasteiger charge is -2.29. The van der Waals surface area contributed by atoms with Gasteiger partial charge in [-0.1, -0.05) is 5.16 Å². The van der Waals surface area contributed by atoms with Gasteiger partial charge >= 0.3 is 0 Å². The van der Waals surface area contributed by atoms with Crippen LogP contribution >= 0.6 is 11.3 Å². The second-order valence-corrected chi connectivity index (χ2v) is 7.43. The first-order chi connectivity index (χ1) is 11.3. The van der Waals surface area contributed by atoms with Crippen LogP contribution in [0.25, 0.3) is 0 Å². The molecule has 2 aromatic rings. The number of aromatic nitrogens is 1. The van der Waals surface area contributed by atoms with Gasteiger partial charge in [0.1, 0.15) is 6.26 Å². The van der Waals surface area contributed by atoms with Crippen LogP contribution in [0.4, 0.5) is 0 Å². The van der Waals surface area contributed by atoms with E-state index in [-0.39, 0.29) is 5.91 Å². The highest BCUT2D eigenvalue weighted by Gasteiger charge is 2.57. The van der Waals surface area contributed by atoms with Gasteiger partial charge in [-0.15, -0.1) is 0 Å². The molecule has 6 heteroatoms. The first-order valence-corrected chi connectivity index (χ1v) is 9.12. The maximum Gasteiger partial charge on any atom is 0.229 e. The summed E-state index contributed by atoms with van der Waals surface area (Å²) in [6.07, 6.45) is 5.34. The molecule has 1 N–H and O–H groups in total. The minimum Gasteiger partial charge on any atom is -0.364 e. The number of piperidine rings is 1. The molecule has 1 atom stereocenters. The largest absolute Gasteiger partial charge is 0.364 e. The summed E-state index contributed by atoms with van der Waals surface area (Å²) < 4.78 is 4.86. The van der Waals surface area contributed by atoms with Gasteiger partial charge in [0.2, 0.25) is 5.91 Å². The molecular weight excluding hydrogens is 310 g/mol. The number of hydrogen-bond acceptors (Lipinski definition) is 5. The predicted octanol–water partition coefficient (Wildman–Crippen LogP) is 2.45. The second-order valence-electron chi connectivity index (χ2n) is 6.65. The van der Waals surface area contributed by atoms with Crippen molar-refractivity contribution in [1.82, 2.24) is 15.4 Å². The molecule has 0 radical (unpaired) electrons. The van der Waals surface area contributed by atoms with Crippen LogP contribution in [-0.4, -0.2) is 35.1 Å². The standard InChI is InChI=1S/C17H21N3O2S/c21-16(9-14-1-7-22-19-14)20(11-13-2-8-23-12-13)15-10-17(15)3-5-18-6-4-17/h1-2,7-8,12,15,18H,3-6,9-11H2/t15-/m0/s1. The molecule has 1 saturated heterocycles. The number of thiophene rings is 1. The van der Waals surface area contributed by atoms with Gasteiger partial charge in [-0.2, -0.15) is 11.3 Å². The van der Waals surface area contributed by atoms with Gasteiger partial charge in [0.15, 0.2) is 0 Å². The molecule has 4 rings (SSSR count). The number of nitrogens with one attached hydrogen (secondary N) is 1. The maximum absolute atomic E-state index is 12.9. The number of carbonyl (C=O) groups excluding carboxylic acids is 1. The Labute approximate surface area is 139 Å². The average Bonchev–Trinajstić information content (AvgIpc) is 2.99. The van der Waals surface area contributed by atoms with E-state index < -0.39 is 0 Å². The molecule has 5 nitrogen and oxygen atoms in total. The first-order valence-electron chi connectivity index (χ1n) is 8.17. The van der Waals surface area contributed by atoms with Crippen LogP contribution < -0.4 is 5.32 Å². The van der Waals surface area contributed by atoms with Crippen LogP contribution in [0.3, 0.4) is 0 Å². The lowest BCUT2D eigenvalue weighted by molar-refractivity contribution is -0.132. The number of amides is 1. The van der Waals surface area contributed by atoms with Gasteiger partial charge in [0.25, 0.3) is 0 Å². The Kier molecular flexibility index (Phi) is 3.95. The van der Waals surface area contributed by atoms with E-state index in [2.05, 4.69) is 32.2 Å². The third-order valence-electron chi connectivity index (χ3n) is 5.20. The van der Waals surface area contributed by atoms with E-state index in [9.17, 15) is 4.79 Å². The summed E-state index contributed by atoms with van der Waals surface area (Å²) in [7, 11) is 0. The summed E-state index contributed by atoms with van der Waals surface area (Å²) in [6.45, 7) is 2.85. The number of nitrogens with zero attached hydrogens (tertiary/aromatic N) is 2. The fraction of sp³-hybridized carbons (Fsp3) is 0.529. The predicted molar refractivity (Wildman–Crippen MR) is 88.0 cm³/mol. The Morgan fingerprint density at radius 3 is 3.00 bits per heavy atom. The van der Waals surface area contributed by atoms with E-state index in [0.717, 1.165) is 19.5 Å².